The van der Waals surface area contributed by atoms with E-state index in [9.17, 15) is 0 Å². The van der Waals surface area contributed by atoms with Gasteiger partial charge in [-0.3, -0.25) is 9.98 Å². The largest absolute Gasteiger partial charge is 0.262 e. The number of allylic oxidation sites excluding steroid dienone is 1. The maximum absolute atomic E-state index is 4.76. The molecule has 0 saturated carbocycles. The Hall–Kier alpha value is -2.55. The fourth-order valence-corrected chi connectivity index (χ4v) is 3.44. The number of pyridine rings is 1. The molecule has 0 spiro atoms. The van der Waals surface area contributed by atoms with E-state index >= 15 is 0 Å². The molecule has 4 rings (SSSR count). The van der Waals surface area contributed by atoms with Gasteiger partial charge in [0.25, 0.3) is 0 Å². The molecule has 0 radical (unpaired) electrons. The van der Waals surface area contributed by atoms with Gasteiger partial charge >= 0.3 is 0 Å². The topological polar surface area (TPSA) is 37.6 Å². The van der Waals surface area contributed by atoms with Gasteiger partial charge in [0.05, 0.1) is 12.3 Å². The molecule has 1 aliphatic heterocycles. The summed E-state index contributed by atoms with van der Waals surface area (Å²) >= 11 is 0. The molecule has 0 fully saturated rings. The van der Waals surface area contributed by atoms with Crippen LogP contribution in [0.1, 0.15) is 47.7 Å². The van der Waals surface area contributed by atoms with E-state index in [2.05, 4.69) is 60.2 Å². The van der Waals surface area contributed by atoms with Gasteiger partial charge in [-0.15, -0.1) is 0 Å². The summed E-state index contributed by atoms with van der Waals surface area (Å²) in [7, 11) is 0. The van der Waals surface area contributed by atoms with Crippen molar-refractivity contribution in [2.75, 3.05) is 6.54 Å². The van der Waals surface area contributed by atoms with E-state index in [1.807, 2.05) is 19.2 Å². The Morgan fingerprint density at radius 3 is 2.75 bits per heavy atom. The third kappa shape index (κ3) is 2.60. The van der Waals surface area contributed by atoms with Gasteiger partial charge < -0.3 is 0 Å². The second-order valence-electron chi connectivity index (χ2n) is 6.86. The first-order valence-electron chi connectivity index (χ1n) is 8.49. The second kappa shape index (κ2) is 5.82. The summed E-state index contributed by atoms with van der Waals surface area (Å²) in [4.78, 5) is 13.7. The van der Waals surface area contributed by atoms with Crippen molar-refractivity contribution in [1.82, 2.24) is 4.98 Å². The first-order valence-corrected chi connectivity index (χ1v) is 8.49. The van der Waals surface area contributed by atoms with Crippen LogP contribution in [0.3, 0.4) is 0 Å². The van der Waals surface area contributed by atoms with Gasteiger partial charge in [-0.05, 0) is 42.2 Å². The van der Waals surface area contributed by atoms with Gasteiger partial charge in [-0.2, -0.15) is 0 Å². The van der Waals surface area contributed by atoms with Crippen molar-refractivity contribution in [2.45, 2.75) is 26.7 Å². The van der Waals surface area contributed by atoms with Crippen molar-refractivity contribution < 1.29 is 0 Å². The number of nitrogens with zero attached hydrogens (tertiary/aromatic N) is 3. The molecule has 0 N–H and O–H groups in total. The molecule has 2 heterocycles. The summed E-state index contributed by atoms with van der Waals surface area (Å²) in [6.07, 6.45) is 6.37. The third-order valence-corrected chi connectivity index (χ3v) is 4.75. The summed E-state index contributed by atoms with van der Waals surface area (Å²) in [6.45, 7) is 7.18. The average molecular weight is 315 g/mol. The predicted molar refractivity (Wildman–Crippen MR) is 100.0 cm³/mol. The van der Waals surface area contributed by atoms with Crippen LogP contribution in [0.2, 0.25) is 0 Å². The van der Waals surface area contributed by atoms with Gasteiger partial charge in [0.15, 0.2) is 5.84 Å². The quantitative estimate of drug-likeness (QED) is 0.827. The zero-order valence-corrected chi connectivity index (χ0v) is 14.3. The highest BCUT2D eigenvalue weighted by molar-refractivity contribution is 6.17. The van der Waals surface area contributed by atoms with E-state index in [4.69, 9.17) is 4.99 Å². The minimum absolute atomic E-state index is 0.526. The predicted octanol–water partition coefficient (Wildman–Crippen LogP) is 4.41. The Kier molecular flexibility index (Phi) is 3.64. The van der Waals surface area contributed by atoms with Crippen molar-refractivity contribution in [2.24, 2.45) is 15.9 Å². The first-order chi connectivity index (χ1) is 11.6. The van der Waals surface area contributed by atoms with E-state index in [1.54, 1.807) is 0 Å². The fourth-order valence-electron chi connectivity index (χ4n) is 3.44. The fraction of sp³-hybridized carbons (Fsp3) is 0.286. The molecular weight excluding hydrogens is 294 g/mol. The van der Waals surface area contributed by atoms with E-state index in [-0.39, 0.29) is 0 Å². The van der Waals surface area contributed by atoms with Crippen molar-refractivity contribution >= 4 is 17.6 Å². The minimum atomic E-state index is 0.526. The number of fused-ring (bicyclic) bond motifs is 1. The number of hydrogen-bond acceptors (Lipinski definition) is 3. The number of rotatable bonds is 3. The Balaban J connectivity index is 1.63. The molecule has 2 aliphatic rings. The van der Waals surface area contributed by atoms with Crippen LogP contribution in [-0.4, -0.2) is 23.1 Å². The Morgan fingerprint density at radius 1 is 1.08 bits per heavy atom. The summed E-state index contributed by atoms with van der Waals surface area (Å²) in [6, 6.07) is 10.7. The van der Waals surface area contributed by atoms with E-state index < -0.39 is 0 Å². The van der Waals surface area contributed by atoms with Gasteiger partial charge in [0, 0.05) is 28.9 Å². The molecule has 3 nitrogen and oxygen atoms in total. The van der Waals surface area contributed by atoms with Crippen LogP contribution in [0.25, 0.3) is 6.08 Å². The smallest absolute Gasteiger partial charge is 0.155 e. The first kappa shape index (κ1) is 15.0. The molecule has 0 saturated heterocycles. The Morgan fingerprint density at radius 2 is 1.96 bits per heavy atom. The summed E-state index contributed by atoms with van der Waals surface area (Å²) in [5.74, 6) is 1.99. The van der Waals surface area contributed by atoms with Crippen LogP contribution in [-0.2, 0) is 0 Å². The van der Waals surface area contributed by atoms with Crippen LogP contribution >= 0.6 is 0 Å². The molecule has 0 amide bonds. The van der Waals surface area contributed by atoms with E-state index in [1.165, 1.54) is 11.1 Å². The number of hydrogen-bond donors (Lipinski definition) is 0. The van der Waals surface area contributed by atoms with Gasteiger partial charge in [-0.25, -0.2) is 4.99 Å². The molecule has 1 unspecified atom stereocenters. The number of aromatic nitrogens is 1. The highest BCUT2D eigenvalue weighted by Crippen LogP contribution is 2.36. The van der Waals surface area contributed by atoms with Crippen molar-refractivity contribution in [3.05, 3.63) is 70.6 Å². The molecular formula is C21H21N3. The van der Waals surface area contributed by atoms with Crippen molar-refractivity contribution in [1.29, 1.82) is 0 Å². The van der Waals surface area contributed by atoms with E-state index in [0.29, 0.717) is 18.4 Å². The lowest BCUT2D eigenvalue weighted by molar-refractivity contribution is 0.584. The monoisotopic (exact) mass is 315 g/mol. The van der Waals surface area contributed by atoms with Gasteiger partial charge in [0.2, 0.25) is 0 Å². The van der Waals surface area contributed by atoms with Crippen LogP contribution in [0.15, 0.2) is 52.6 Å². The number of amidine groups is 1. The zero-order valence-electron chi connectivity index (χ0n) is 14.3. The molecule has 0 bridgehead atoms. The van der Waals surface area contributed by atoms with Gasteiger partial charge in [0.1, 0.15) is 0 Å². The van der Waals surface area contributed by atoms with Crippen LogP contribution in [0.4, 0.5) is 0 Å². The lowest BCUT2D eigenvalue weighted by atomic mass is 9.90. The molecule has 1 aromatic carbocycles. The molecule has 24 heavy (non-hydrogen) atoms. The highest BCUT2D eigenvalue weighted by atomic mass is 15.0. The maximum Gasteiger partial charge on any atom is 0.155 e. The number of benzene rings is 1. The SMILES string of the molecule is Cc1cc(C2=NC(c3ccc4c(c3)C=CC4C(C)C)=NC2)ccn1. The molecule has 1 atom stereocenters. The van der Waals surface area contributed by atoms with E-state index in [0.717, 1.165) is 28.4 Å². The zero-order chi connectivity index (χ0) is 16.7. The van der Waals surface area contributed by atoms with Crippen LogP contribution in [0.5, 0.6) is 0 Å². The van der Waals surface area contributed by atoms with Crippen LogP contribution in [0, 0.1) is 12.8 Å². The molecule has 1 aliphatic carbocycles. The minimum Gasteiger partial charge on any atom is -0.262 e. The molecule has 3 heteroatoms. The third-order valence-electron chi connectivity index (χ3n) is 4.75. The van der Waals surface area contributed by atoms with Crippen molar-refractivity contribution in [3.63, 3.8) is 0 Å². The number of aliphatic imine (C=N–C) groups is 2. The van der Waals surface area contributed by atoms with Crippen LogP contribution < -0.4 is 0 Å². The Labute approximate surface area is 142 Å². The summed E-state index contributed by atoms with van der Waals surface area (Å²) in [5.41, 5.74) is 6.96. The maximum atomic E-state index is 4.76. The lowest BCUT2D eigenvalue weighted by Gasteiger charge is -2.15. The standard InChI is InChI=1S/C21H21N3/c1-13(2)18-6-4-15-11-17(5-7-19(15)18)21-23-12-20(24-21)16-8-9-22-14(3)10-16/h4-11,13,18H,12H2,1-3H3. The average Bonchev–Trinajstić information content (AvgIpc) is 3.21. The second-order valence-corrected chi connectivity index (χ2v) is 6.86. The molecule has 2 aromatic rings. The molecule has 1 aromatic heterocycles. The number of aryl methyl sites for hydroxylation is 1. The van der Waals surface area contributed by atoms with Gasteiger partial charge in [-0.1, -0.05) is 38.1 Å². The Bertz CT molecular complexity index is 888. The summed E-state index contributed by atoms with van der Waals surface area (Å²) < 4.78 is 0. The molecule has 120 valence electrons. The van der Waals surface area contributed by atoms with Crippen molar-refractivity contribution in [3.8, 4) is 0 Å². The lowest BCUT2D eigenvalue weighted by Crippen LogP contribution is -2.04. The summed E-state index contributed by atoms with van der Waals surface area (Å²) in [5, 5.41) is 0. The normalized spacial score (nSPS) is 18.8. The highest BCUT2D eigenvalue weighted by Gasteiger charge is 2.22.